The Kier molecular flexibility index (Phi) is 5.38. The van der Waals surface area contributed by atoms with Crippen LogP contribution in [0.2, 0.25) is 0 Å². The molecule has 4 rings (SSSR count). The van der Waals surface area contributed by atoms with Crippen LogP contribution in [0.5, 0.6) is 0 Å². The summed E-state index contributed by atoms with van der Waals surface area (Å²) in [5.74, 6) is -1.89. The van der Waals surface area contributed by atoms with Crippen LogP contribution in [-0.2, 0) is 19.1 Å². The lowest BCUT2D eigenvalue weighted by atomic mass is 9.87. The van der Waals surface area contributed by atoms with E-state index < -0.39 is 23.4 Å². The lowest BCUT2D eigenvalue weighted by Crippen LogP contribution is -2.41. The highest BCUT2D eigenvalue weighted by Gasteiger charge is 2.41. The van der Waals surface area contributed by atoms with Crippen LogP contribution in [0.15, 0.2) is 56.0 Å². The number of ether oxygens (including phenoxy) is 2. The van der Waals surface area contributed by atoms with E-state index in [1.807, 2.05) is 0 Å². The number of rotatable bonds is 5. The molecule has 1 aliphatic rings. The van der Waals surface area contributed by atoms with Crippen molar-refractivity contribution >= 4 is 40.7 Å². The van der Waals surface area contributed by atoms with E-state index in [1.165, 1.54) is 25.7 Å². The van der Waals surface area contributed by atoms with Crippen molar-refractivity contribution in [2.24, 2.45) is 5.73 Å². The summed E-state index contributed by atoms with van der Waals surface area (Å²) in [6.45, 7) is 1.72. The molecule has 0 spiro atoms. The third-order valence-corrected chi connectivity index (χ3v) is 5.80. The third-order valence-electron chi connectivity index (χ3n) is 4.69. The lowest BCUT2D eigenvalue weighted by Gasteiger charge is -2.25. The summed E-state index contributed by atoms with van der Waals surface area (Å²) in [5, 5.41) is 0. The predicted octanol–water partition coefficient (Wildman–Crippen LogP) is 0.736. The molecule has 3 aromatic rings. The van der Waals surface area contributed by atoms with Gasteiger partial charge in [0.1, 0.15) is 22.0 Å². The first kappa shape index (κ1) is 20.5. The van der Waals surface area contributed by atoms with Gasteiger partial charge < -0.3 is 24.0 Å². The van der Waals surface area contributed by atoms with Gasteiger partial charge in [0.2, 0.25) is 0 Å². The minimum absolute atomic E-state index is 0.0518. The van der Waals surface area contributed by atoms with Gasteiger partial charge in [0.15, 0.2) is 0 Å². The molecule has 1 atom stereocenters. The number of esters is 2. The van der Waals surface area contributed by atoms with Gasteiger partial charge in [-0.05, 0) is 31.2 Å². The highest BCUT2D eigenvalue weighted by Crippen LogP contribution is 2.37. The van der Waals surface area contributed by atoms with Gasteiger partial charge in [0.25, 0.3) is 5.56 Å². The monoisotopic (exact) mass is 442 g/mol. The maximum atomic E-state index is 13.2. The van der Waals surface area contributed by atoms with Gasteiger partial charge in [-0.15, -0.1) is 11.3 Å². The van der Waals surface area contributed by atoms with Crippen LogP contribution in [0.1, 0.15) is 24.4 Å². The number of aromatic nitrogens is 1. The summed E-state index contributed by atoms with van der Waals surface area (Å²) in [6.07, 6.45) is 4.42. The van der Waals surface area contributed by atoms with E-state index in [0.29, 0.717) is 5.76 Å². The zero-order valence-electron chi connectivity index (χ0n) is 16.6. The molecule has 0 aromatic carbocycles. The molecule has 0 aliphatic carbocycles. The highest BCUT2D eigenvalue weighted by atomic mass is 32.1. The lowest BCUT2D eigenvalue weighted by molar-refractivity contribution is -0.138. The Balaban J connectivity index is 2.12. The predicted molar refractivity (Wildman–Crippen MR) is 111 cm³/mol. The maximum Gasteiger partial charge on any atom is 0.338 e. The van der Waals surface area contributed by atoms with Gasteiger partial charge >= 0.3 is 11.9 Å². The van der Waals surface area contributed by atoms with Crippen LogP contribution >= 0.6 is 11.3 Å². The van der Waals surface area contributed by atoms with Crippen LogP contribution in [0, 0.1) is 0 Å². The van der Waals surface area contributed by atoms with Crippen LogP contribution in [-0.4, -0.2) is 30.2 Å². The summed E-state index contributed by atoms with van der Waals surface area (Å²) in [5.41, 5.74) is 5.79. The fraction of sp³-hybridized carbons (Fsp3) is 0.190. The topological polar surface area (TPSA) is 127 Å². The van der Waals surface area contributed by atoms with Gasteiger partial charge in [0.05, 0.1) is 47.8 Å². The Labute approximate surface area is 179 Å². The fourth-order valence-corrected chi connectivity index (χ4v) is 4.55. The van der Waals surface area contributed by atoms with Gasteiger partial charge in [-0.1, -0.05) is 0 Å². The number of hydrogen-bond acceptors (Lipinski definition) is 9. The second-order valence-corrected chi connectivity index (χ2v) is 7.48. The number of furan rings is 2. The van der Waals surface area contributed by atoms with Gasteiger partial charge in [-0.25, -0.2) is 9.59 Å². The van der Waals surface area contributed by atoms with Crippen molar-refractivity contribution < 1.29 is 27.9 Å². The molecule has 10 heteroatoms. The van der Waals surface area contributed by atoms with E-state index >= 15 is 0 Å². The molecule has 0 fully saturated rings. The summed E-state index contributed by atoms with van der Waals surface area (Å²) in [7, 11) is 1.21. The third kappa shape index (κ3) is 3.40. The Morgan fingerprint density at radius 1 is 1.19 bits per heavy atom. The second-order valence-electron chi connectivity index (χ2n) is 6.44. The average Bonchev–Trinajstić information content (AvgIpc) is 3.50. The van der Waals surface area contributed by atoms with E-state index in [1.54, 1.807) is 31.2 Å². The largest absolute Gasteiger partial charge is 0.468 e. The molecule has 0 amide bonds. The number of carbonyl (C=O) groups is 2. The SMILES string of the molecule is CCOC(=O)C1=C(N)n2c(s/c(=C/c3ccco3)c2=O)=C(C(=O)OC)[C@H]1c1ccco1. The molecular weight excluding hydrogens is 424 g/mol. The summed E-state index contributed by atoms with van der Waals surface area (Å²) in [4.78, 5) is 38.9. The van der Waals surface area contributed by atoms with Gasteiger partial charge in [0, 0.05) is 6.08 Å². The summed E-state index contributed by atoms with van der Waals surface area (Å²) >= 11 is 1.03. The molecule has 0 bridgehead atoms. The minimum Gasteiger partial charge on any atom is -0.468 e. The molecule has 4 heterocycles. The number of nitrogens with two attached hydrogens (primary N) is 1. The van der Waals surface area contributed by atoms with Crippen molar-refractivity contribution in [2.75, 3.05) is 13.7 Å². The molecule has 31 heavy (non-hydrogen) atoms. The van der Waals surface area contributed by atoms with Crippen LogP contribution in [0.3, 0.4) is 0 Å². The van der Waals surface area contributed by atoms with Gasteiger partial charge in [-0.3, -0.25) is 9.36 Å². The number of hydrogen-bond donors (Lipinski definition) is 1. The number of thiazole rings is 1. The maximum absolute atomic E-state index is 13.2. The average molecular weight is 442 g/mol. The fourth-order valence-electron chi connectivity index (χ4n) is 3.41. The second kappa shape index (κ2) is 8.15. The van der Waals surface area contributed by atoms with E-state index in [4.69, 9.17) is 24.0 Å². The molecule has 0 radical (unpaired) electrons. The molecule has 0 unspecified atom stereocenters. The Hall–Kier alpha value is -3.79. The van der Waals surface area contributed by atoms with Crippen LogP contribution in [0.4, 0.5) is 0 Å². The first-order chi connectivity index (χ1) is 15.0. The summed E-state index contributed by atoms with van der Waals surface area (Å²) in [6, 6.07) is 6.60. The molecule has 3 aromatic heterocycles. The highest BCUT2D eigenvalue weighted by molar-refractivity contribution is 7.07. The molecule has 0 saturated heterocycles. The van der Waals surface area contributed by atoms with Crippen molar-refractivity contribution in [3.63, 3.8) is 0 Å². The first-order valence-electron chi connectivity index (χ1n) is 9.28. The number of nitrogens with zero attached hydrogens (tertiary/aromatic N) is 1. The Morgan fingerprint density at radius 2 is 1.94 bits per heavy atom. The van der Waals surface area contributed by atoms with Crippen molar-refractivity contribution in [3.05, 3.63) is 73.4 Å². The molecule has 1 aliphatic heterocycles. The van der Waals surface area contributed by atoms with Crippen molar-refractivity contribution in [2.45, 2.75) is 12.8 Å². The van der Waals surface area contributed by atoms with Crippen molar-refractivity contribution in [3.8, 4) is 0 Å². The van der Waals surface area contributed by atoms with E-state index in [9.17, 15) is 14.4 Å². The Bertz CT molecular complexity index is 1340. The summed E-state index contributed by atoms with van der Waals surface area (Å²) < 4.78 is 22.6. The van der Waals surface area contributed by atoms with E-state index in [0.717, 1.165) is 15.9 Å². The quantitative estimate of drug-likeness (QED) is 0.573. The molecule has 2 N–H and O–H groups in total. The molecular formula is C21H18N2O7S. The minimum atomic E-state index is -1.00. The number of methoxy groups -OCH3 is 1. The van der Waals surface area contributed by atoms with Crippen LogP contribution < -0.4 is 20.5 Å². The van der Waals surface area contributed by atoms with E-state index in [2.05, 4.69) is 0 Å². The van der Waals surface area contributed by atoms with Crippen molar-refractivity contribution in [1.82, 2.24) is 4.57 Å². The number of carbonyl (C=O) groups excluding carboxylic acids is 2. The molecule has 0 saturated carbocycles. The first-order valence-corrected chi connectivity index (χ1v) is 10.1. The zero-order chi connectivity index (χ0) is 22.1. The smallest absolute Gasteiger partial charge is 0.338 e. The molecule has 9 nitrogen and oxygen atoms in total. The Morgan fingerprint density at radius 3 is 2.55 bits per heavy atom. The van der Waals surface area contributed by atoms with Crippen LogP contribution in [0.25, 0.3) is 17.5 Å². The van der Waals surface area contributed by atoms with E-state index in [-0.39, 0.29) is 38.5 Å². The molecule has 160 valence electrons. The standard InChI is InChI=1S/C21H18N2O7S/c1-3-28-21(26)15-14(12-7-5-9-30-12)16(20(25)27-2)19-23(17(15)22)18(24)13(31-19)10-11-6-4-8-29-11/h4-10,14H,3,22H2,1-2H3/b13-10+/t14-/m0/s1. The zero-order valence-corrected chi connectivity index (χ0v) is 17.4. The normalized spacial score (nSPS) is 16.4. The van der Waals surface area contributed by atoms with Gasteiger partial charge in [-0.2, -0.15) is 0 Å². The number of fused-ring (bicyclic) bond motifs is 1. The van der Waals surface area contributed by atoms with Crippen molar-refractivity contribution in [1.29, 1.82) is 0 Å².